The predicted molar refractivity (Wildman–Crippen MR) is 68.7 cm³/mol. The Hall–Kier alpha value is -1.78. The third kappa shape index (κ3) is 1.57. The Labute approximate surface area is 118 Å². The van der Waals surface area contributed by atoms with Gasteiger partial charge in [-0.1, -0.05) is 0 Å². The molecule has 4 N–H and O–H groups in total. The van der Waals surface area contributed by atoms with E-state index in [4.69, 9.17) is 19.9 Å². The summed E-state index contributed by atoms with van der Waals surface area (Å²) in [6, 6.07) is 1.72. The Bertz CT molecular complexity index is 691. The van der Waals surface area contributed by atoms with Gasteiger partial charge in [-0.25, -0.2) is 9.97 Å². The number of aliphatic hydroxyl groups is 2. The SMILES string of the molecule is Nc1nccc2c1ncn2C12OCOC1C(O)C(CO)O2. The van der Waals surface area contributed by atoms with Gasteiger partial charge in [-0.15, -0.1) is 0 Å². The van der Waals surface area contributed by atoms with Gasteiger partial charge in [0.05, 0.1) is 12.1 Å². The maximum Gasteiger partial charge on any atom is 0.289 e. The topological polar surface area (TPSA) is 125 Å². The maximum absolute atomic E-state index is 10.2. The third-order valence-corrected chi connectivity index (χ3v) is 3.89. The van der Waals surface area contributed by atoms with Crippen molar-refractivity contribution in [2.75, 3.05) is 19.1 Å². The summed E-state index contributed by atoms with van der Waals surface area (Å²) in [4.78, 5) is 8.19. The molecule has 2 fully saturated rings. The molecule has 0 bridgehead atoms. The van der Waals surface area contributed by atoms with Gasteiger partial charge in [-0.2, -0.15) is 0 Å². The number of pyridine rings is 1. The van der Waals surface area contributed by atoms with E-state index in [-0.39, 0.29) is 19.2 Å². The van der Waals surface area contributed by atoms with Crippen LogP contribution < -0.4 is 5.73 Å². The molecule has 4 rings (SSSR count). The van der Waals surface area contributed by atoms with Crippen molar-refractivity contribution >= 4 is 16.9 Å². The van der Waals surface area contributed by atoms with Crippen molar-refractivity contribution in [2.24, 2.45) is 0 Å². The lowest BCUT2D eigenvalue weighted by Gasteiger charge is -2.27. The van der Waals surface area contributed by atoms with Crippen molar-refractivity contribution in [3.05, 3.63) is 18.6 Å². The van der Waals surface area contributed by atoms with Gasteiger partial charge in [0.25, 0.3) is 5.91 Å². The van der Waals surface area contributed by atoms with Gasteiger partial charge in [0, 0.05) is 6.20 Å². The molecule has 0 amide bonds. The molecule has 9 nitrogen and oxygen atoms in total. The van der Waals surface area contributed by atoms with E-state index in [9.17, 15) is 10.2 Å². The number of ether oxygens (including phenoxy) is 3. The molecular weight excluding hydrogens is 280 g/mol. The standard InChI is InChI=1S/C12H14N4O5/c13-11-8-6(1-2-14-11)16(4-15-8)12-10(19-5-20-12)9(18)7(3-17)21-12/h1-2,4,7,9-10,17-18H,3,5H2,(H2,13,14). The molecular formula is C12H14N4O5. The number of nitrogen functional groups attached to an aromatic ring is 1. The van der Waals surface area contributed by atoms with Crippen LogP contribution in [0.4, 0.5) is 5.82 Å². The van der Waals surface area contributed by atoms with Gasteiger partial charge in [-0.3, -0.25) is 4.57 Å². The number of fused-ring (bicyclic) bond motifs is 2. The quantitative estimate of drug-likeness (QED) is 0.627. The number of aliphatic hydroxyl groups excluding tert-OH is 2. The smallest absolute Gasteiger partial charge is 0.289 e. The van der Waals surface area contributed by atoms with Crippen LogP contribution in [0.15, 0.2) is 18.6 Å². The lowest BCUT2D eigenvalue weighted by atomic mass is 10.1. The van der Waals surface area contributed by atoms with Crippen LogP contribution in [0.3, 0.4) is 0 Å². The zero-order chi connectivity index (χ0) is 14.6. The van der Waals surface area contributed by atoms with E-state index in [1.807, 2.05) is 0 Å². The summed E-state index contributed by atoms with van der Waals surface area (Å²) in [6.07, 6.45) is 0.478. The normalized spacial score (nSPS) is 35.4. The zero-order valence-corrected chi connectivity index (χ0v) is 10.9. The van der Waals surface area contributed by atoms with Crippen molar-refractivity contribution in [3.63, 3.8) is 0 Å². The van der Waals surface area contributed by atoms with Gasteiger partial charge in [0.1, 0.15) is 24.1 Å². The second kappa shape index (κ2) is 4.36. The van der Waals surface area contributed by atoms with Crippen molar-refractivity contribution in [1.82, 2.24) is 14.5 Å². The highest BCUT2D eigenvalue weighted by Gasteiger charge is 2.62. The van der Waals surface area contributed by atoms with Gasteiger partial charge >= 0.3 is 0 Å². The Kier molecular flexibility index (Phi) is 2.68. The average molecular weight is 294 g/mol. The van der Waals surface area contributed by atoms with Crippen LogP contribution in [0.2, 0.25) is 0 Å². The number of imidazole rings is 1. The second-order valence-corrected chi connectivity index (χ2v) is 4.99. The minimum Gasteiger partial charge on any atom is -0.394 e. The second-order valence-electron chi connectivity index (χ2n) is 4.99. The van der Waals surface area contributed by atoms with Crippen molar-refractivity contribution in [3.8, 4) is 0 Å². The fraction of sp³-hybridized carbons (Fsp3) is 0.500. The predicted octanol–water partition coefficient (Wildman–Crippen LogP) is -1.25. The summed E-state index contributed by atoms with van der Waals surface area (Å²) in [6.45, 7) is -0.372. The summed E-state index contributed by atoms with van der Waals surface area (Å²) < 4.78 is 18.4. The van der Waals surface area contributed by atoms with E-state index in [1.165, 1.54) is 6.33 Å². The van der Waals surface area contributed by atoms with Crippen LogP contribution in [0.25, 0.3) is 11.0 Å². The van der Waals surface area contributed by atoms with Crippen LogP contribution in [0.5, 0.6) is 0 Å². The summed E-state index contributed by atoms with van der Waals surface area (Å²) in [7, 11) is 0. The largest absolute Gasteiger partial charge is 0.394 e. The first kappa shape index (κ1) is 12.9. The Morgan fingerprint density at radius 2 is 2.33 bits per heavy atom. The molecule has 112 valence electrons. The van der Waals surface area contributed by atoms with Crippen LogP contribution in [-0.2, 0) is 20.1 Å². The van der Waals surface area contributed by atoms with E-state index in [1.54, 1.807) is 16.8 Å². The van der Waals surface area contributed by atoms with E-state index >= 15 is 0 Å². The first-order valence-corrected chi connectivity index (χ1v) is 6.47. The average Bonchev–Trinajstić information content (AvgIpc) is 3.13. The van der Waals surface area contributed by atoms with Crippen molar-refractivity contribution in [2.45, 2.75) is 24.2 Å². The van der Waals surface area contributed by atoms with E-state index in [2.05, 4.69) is 9.97 Å². The molecule has 2 aliphatic heterocycles. The van der Waals surface area contributed by atoms with Gasteiger partial charge < -0.3 is 30.2 Å². The molecule has 2 saturated heterocycles. The Balaban J connectivity index is 1.89. The van der Waals surface area contributed by atoms with Gasteiger partial charge in [0.15, 0.2) is 18.7 Å². The lowest BCUT2D eigenvalue weighted by Crippen LogP contribution is -2.42. The van der Waals surface area contributed by atoms with Crippen LogP contribution in [-0.4, -0.2) is 56.5 Å². The molecule has 2 aliphatic rings. The molecule has 4 atom stereocenters. The number of anilines is 1. The minimum absolute atomic E-state index is 0.0277. The highest BCUT2D eigenvalue weighted by molar-refractivity contribution is 5.84. The number of aromatic nitrogens is 3. The number of hydrogen-bond donors (Lipinski definition) is 3. The highest BCUT2D eigenvalue weighted by Crippen LogP contribution is 2.44. The van der Waals surface area contributed by atoms with Crippen LogP contribution in [0.1, 0.15) is 0 Å². The molecule has 0 aliphatic carbocycles. The molecule has 21 heavy (non-hydrogen) atoms. The molecule has 4 unspecified atom stereocenters. The zero-order valence-electron chi connectivity index (χ0n) is 10.9. The van der Waals surface area contributed by atoms with Gasteiger partial charge in [0.2, 0.25) is 0 Å². The van der Waals surface area contributed by atoms with Crippen molar-refractivity contribution in [1.29, 1.82) is 0 Å². The molecule has 4 heterocycles. The maximum atomic E-state index is 10.2. The van der Waals surface area contributed by atoms with Crippen molar-refractivity contribution < 1.29 is 24.4 Å². The molecule has 0 spiro atoms. The fourth-order valence-corrected chi connectivity index (χ4v) is 2.90. The summed E-state index contributed by atoms with van der Waals surface area (Å²) in [5.41, 5.74) is 6.94. The number of hydrogen-bond acceptors (Lipinski definition) is 8. The third-order valence-electron chi connectivity index (χ3n) is 3.89. The molecule has 0 radical (unpaired) electrons. The minimum atomic E-state index is -1.37. The Morgan fingerprint density at radius 1 is 1.48 bits per heavy atom. The van der Waals surface area contributed by atoms with Crippen LogP contribution >= 0.6 is 0 Å². The molecule has 2 aromatic rings. The van der Waals surface area contributed by atoms with E-state index < -0.39 is 24.2 Å². The lowest BCUT2D eigenvalue weighted by molar-refractivity contribution is -0.264. The van der Waals surface area contributed by atoms with E-state index in [0.717, 1.165) is 0 Å². The summed E-state index contributed by atoms with van der Waals surface area (Å²) in [5.74, 6) is -1.08. The highest BCUT2D eigenvalue weighted by atomic mass is 16.8. The number of nitrogens with two attached hydrogens (primary N) is 1. The summed E-state index contributed by atoms with van der Waals surface area (Å²) >= 11 is 0. The Morgan fingerprint density at radius 3 is 3.14 bits per heavy atom. The molecule has 9 heteroatoms. The number of nitrogens with zero attached hydrogens (tertiary/aromatic N) is 3. The molecule has 2 aromatic heterocycles. The fourth-order valence-electron chi connectivity index (χ4n) is 2.90. The molecule has 0 saturated carbocycles. The summed E-state index contributed by atoms with van der Waals surface area (Å²) in [5, 5.41) is 19.5. The van der Waals surface area contributed by atoms with Crippen LogP contribution in [0, 0.1) is 0 Å². The first-order chi connectivity index (χ1) is 10.2. The molecule has 0 aromatic carbocycles. The first-order valence-electron chi connectivity index (χ1n) is 6.47. The van der Waals surface area contributed by atoms with E-state index in [0.29, 0.717) is 11.0 Å². The number of rotatable bonds is 2. The van der Waals surface area contributed by atoms with Gasteiger partial charge in [-0.05, 0) is 6.07 Å². The monoisotopic (exact) mass is 294 g/mol.